The highest BCUT2D eigenvalue weighted by atomic mass is 35.5. The summed E-state index contributed by atoms with van der Waals surface area (Å²) < 4.78 is 0. The quantitative estimate of drug-likeness (QED) is 0.670. The minimum atomic E-state index is -0.927. The molecule has 18 heavy (non-hydrogen) atoms. The number of ketones is 1. The Morgan fingerprint density at radius 1 is 1.56 bits per heavy atom. The average Bonchev–Trinajstić information content (AvgIpc) is 3.04. The number of Topliss-reactive ketones (excluding diaryl/α,β-unsaturated/α-hetero) is 1. The van der Waals surface area contributed by atoms with Crippen LogP contribution in [0.4, 0.5) is 5.69 Å². The highest BCUT2D eigenvalue weighted by Gasteiger charge is 2.62. The van der Waals surface area contributed by atoms with E-state index in [1.54, 1.807) is 30.3 Å². The summed E-state index contributed by atoms with van der Waals surface area (Å²) in [4.78, 5) is 23.9. The Hall–Kier alpha value is -1.61. The highest BCUT2D eigenvalue weighted by molar-refractivity contribution is 6.31. The van der Waals surface area contributed by atoms with E-state index < -0.39 is 5.41 Å². The monoisotopic (exact) mass is 263 g/mol. The van der Waals surface area contributed by atoms with E-state index in [-0.39, 0.29) is 17.6 Å². The molecule has 0 bridgehead atoms. The molecule has 1 aromatic rings. The van der Waals surface area contributed by atoms with Crippen molar-refractivity contribution in [2.45, 2.75) is 13.3 Å². The van der Waals surface area contributed by atoms with Crippen molar-refractivity contribution >= 4 is 29.0 Å². The van der Waals surface area contributed by atoms with Gasteiger partial charge in [-0.25, -0.2) is 0 Å². The van der Waals surface area contributed by atoms with Crippen molar-refractivity contribution < 1.29 is 9.59 Å². The minimum Gasteiger partial charge on any atom is -0.325 e. The standard InChI is InChI=1S/C14H14ClNO2/c1-3-10-8-14(10,9(2)17)13(18)16-12-6-4-5-11(15)7-12/h3-7,10H,1,8H2,2H3,(H,16,18). The van der Waals surface area contributed by atoms with Crippen LogP contribution in [0.25, 0.3) is 0 Å². The SMILES string of the molecule is C=CC1CC1(C(C)=O)C(=O)Nc1cccc(Cl)c1. The third-order valence-corrected chi connectivity index (χ3v) is 3.65. The molecule has 1 fully saturated rings. The minimum absolute atomic E-state index is 0.0609. The molecule has 0 saturated heterocycles. The lowest BCUT2D eigenvalue weighted by atomic mass is 9.97. The first-order chi connectivity index (χ1) is 8.50. The van der Waals surface area contributed by atoms with Crippen molar-refractivity contribution in [2.75, 3.05) is 5.32 Å². The van der Waals surface area contributed by atoms with Crippen molar-refractivity contribution in [3.63, 3.8) is 0 Å². The fraction of sp³-hybridized carbons (Fsp3) is 0.286. The summed E-state index contributed by atoms with van der Waals surface area (Å²) in [6.45, 7) is 5.10. The molecule has 1 amide bonds. The van der Waals surface area contributed by atoms with Gasteiger partial charge in [0.1, 0.15) is 11.2 Å². The summed E-state index contributed by atoms with van der Waals surface area (Å²) in [6.07, 6.45) is 2.21. The first-order valence-corrected chi connectivity index (χ1v) is 6.09. The number of benzene rings is 1. The van der Waals surface area contributed by atoms with Crippen LogP contribution >= 0.6 is 11.6 Å². The molecule has 1 saturated carbocycles. The van der Waals surface area contributed by atoms with Gasteiger partial charge >= 0.3 is 0 Å². The number of halogens is 1. The third-order valence-electron chi connectivity index (χ3n) is 3.42. The van der Waals surface area contributed by atoms with Gasteiger partial charge < -0.3 is 5.32 Å². The predicted octanol–water partition coefficient (Wildman–Crippen LogP) is 3.06. The van der Waals surface area contributed by atoms with E-state index in [0.29, 0.717) is 17.1 Å². The van der Waals surface area contributed by atoms with E-state index in [4.69, 9.17) is 11.6 Å². The fourth-order valence-electron chi connectivity index (χ4n) is 2.21. The molecule has 0 heterocycles. The molecule has 1 aliphatic carbocycles. The molecule has 1 N–H and O–H groups in total. The Morgan fingerprint density at radius 3 is 2.78 bits per heavy atom. The number of rotatable bonds is 4. The van der Waals surface area contributed by atoms with E-state index in [0.717, 1.165) is 0 Å². The number of carbonyl (C=O) groups is 2. The van der Waals surface area contributed by atoms with Crippen molar-refractivity contribution in [3.05, 3.63) is 41.9 Å². The number of carbonyl (C=O) groups excluding carboxylic acids is 2. The Morgan fingerprint density at radius 2 is 2.28 bits per heavy atom. The average molecular weight is 264 g/mol. The third kappa shape index (κ3) is 2.06. The number of hydrogen-bond donors (Lipinski definition) is 1. The largest absolute Gasteiger partial charge is 0.325 e. The lowest BCUT2D eigenvalue weighted by Gasteiger charge is -2.13. The Labute approximate surface area is 111 Å². The molecule has 3 nitrogen and oxygen atoms in total. The summed E-state index contributed by atoms with van der Waals surface area (Å²) in [5.74, 6) is -0.455. The fourth-order valence-corrected chi connectivity index (χ4v) is 2.40. The molecule has 0 radical (unpaired) electrons. The molecule has 2 atom stereocenters. The van der Waals surface area contributed by atoms with Crippen LogP contribution in [0.2, 0.25) is 5.02 Å². The lowest BCUT2D eigenvalue weighted by molar-refractivity contribution is -0.132. The Bertz CT molecular complexity index is 526. The molecule has 94 valence electrons. The summed E-state index contributed by atoms with van der Waals surface area (Å²) in [6, 6.07) is 6.86. The van der Waals surface area contributed by atoms with Crippen LogP contribution in [-0.4, -0.2) is 11.7 Å². The van der Waals surface area contributed by atoms with Crippen LogP contribution in [-0.2, 0) is 9.59 Å². The maximum Gasteiger partial charge on any atom is 0.238 e. The van der Waals surface area contributed by atoms with E-state index >= 15 is 0 Å². The van der Waals surface area contributed by atoms with Gasteiger partial charge in [0, 0.05) is 10.7 Å². The smallest absolute Gasteiger partial charge is 0.238 e. The second-order valence-corrected chi connectivity index (χ2v) is 4.97. The predicted molar refractivity (Wildman–Crippen MR) is 71.5 cm³/mol. The topological polar surface area (TPSA) is 46.2 Å². The summed E-state index contributed by atoms with van der Waals surface area (Å²) in [7, 11) is 0. The maximum absolute atomic E-state index is 12.2. The zero-order chi connectivity index (χ0) is 13.3. The van der Waals surface area contributed by atoms with Crippen molar-refractivity contribution in [2.24, 2.45) is 11.3 Å². The van der Waals surface area contributed by atoms with Gasteiger partial charge in [-0.1, -0.05) is 23.7 Å². The maximum atomic E-state index is 12.2. The molecule has 4 heteroatoms. The second-order valence-electron chi connectivity index (χ2n) is 4.54. The van der Waals surface area contributed by atoms with Gasteiger partial charge in [-0.3, -0.25) is 9.59 Å². The van der Waals surface area contributed by atoms with Gasteiger partial charge in [-0.05, 0) is 37.5 Å². The molecular weight excluding hydrogens is 250 g/mol. The number of amides is 1. The highest BCUT2D eigenvalue weighted by Crippen LogP contribution is 2.54. The van der Waals surface area contributed by atoms with Crippen LogP contribution < -0.4 is 5.32 Å². The molecule has 0 aromatic heterocycles. The molecule has 2 unspecified atom stereocenters. The lowest BCUT2D eigenvalue weighted by Crippen LogP contribution is -2.31. The first kappa shape index (κ1) is 12.8. The molecule has 0 aliphatic heterocycles. The van der Waals surface area contributed by atoms with Crippen LogP contribution in [0.5, 0.6) is 0 Å². The van der Waals surface area contributed by atoms with Gasteiger partial charge in [0.2, 0.25) is 5.91 Å². The van der Waals surface area contributed by atoms with E-state index in [1.807, 2.05) is 0 Å². The Balaban J connectivity index is 2.17. The van der Waals surface area contributed by atoms with Gasteiger partial charge in [0.05, 0.1) is 0 Å². The van der Waals surface area contributed by atoms with Gasteiger partial charge in [-0.2, -0.15) is 0 Å². The second kappa shape index (κ2) is 4.58. The summed E-state index contributed by atoms with van der Waals surface area (Å²) in [5, 5.41) is 3.28. The van der Waals surface area contributed by atoms with Crippen LogP contribution in [0.1, 0.15) is 13.3 Å². The number of nitrogens with one attached hydrogen (secondary N) is 1. The molecule has 1 aliphatic rings. The summed E-state index contributed by atoms with van der Waals surface area (Å²) >= 11 is 5.84. The normalized spacial score (nSPS) is 25.3. The van der Waals surface area contributed by atoms with E-state index in [9.17, 15) is 9.59 Å². The van der Waals surface area contributed by atoms with Crippen LogP contribution in [0.15, 0.2) is 36.9 Å². The number of hydrogen-bond acceptors (Lipinski definition) is 2. The number of anilines is 1. The van der Waals surface area contributed by atoms with Gasteiger partial charge in [-0.15, -0.1) is 6.58 Å². The molecule has 1 aromatic carbocycles. The van der Waals surface area contributed by atoms with Crippen molar-refractivity contribution in [1.82, 2.24) is 0 Å². The zero-order valence-corrected chi connectivity index (χ0v) is 10.8. The summed E-state index contributed by atoms with van der Waals surface area (Å²) in [5.41, 5.74) is -0.327. The van der Waals surface area contributed by atoms with Crippen molar-refractivity contribution in [1.29, 1.82) is 0 Å². The van der Waals surface area contributed by atoms with E-state index in [1.165, 1.54) is 6.92 Å². The van der Waals surface area contributed by atoms with E-state index in [2.05, 4.69) is 11.9 Å². The Kier molecular flexibility index (Phi) is 3.26. The number of allylic oxidation sites excluding steroid dienone is 1. The zero-order valence-electron chi connectivity index (χ0n) is 10.1. The van der Waals surface area contributed by atoms with Crippen LogP contribution in [0.3, 0.4) is 0 Å². The molecular formula is C14H14ClNO2. The van der Waals surface area contributed by atoms with Gasteiger partial charge in [0.25, 0.3) is 0 Å². The van der Waals surface area contributed by atoms with Crippen molar-refractivity contribution in [3.8, 4) is 0 Å². The van der Waals surface area contributed by atoms with Crippen LogP contribution in [0, 0.1) is 11.3 Å². The molecule has 2 rings (SSSR count). The first-order valence-electron chi connectivity index (χ1n) is 5.71. The van der Waals surface area contributed by atoms with Gasteiger partial charge in [0.15, 0.2) is 0 Å². The molecule has 0 spiro atoms.